The highest BCUT2D eigenvalue weighted by molar-refractivity contribution is 6.36. The minimum absolute atomic E-state index is 0.125. The first-order valence-corrected chi connectivity index (χ1v) is 7.91. The molecule has 2 aromatic rings. The molecule has 2 rings (SSSR count). The van der Waals surface area contributed by atoms with Crippen LogP contribution in [0.2, 0.25) is 10.0 Å². The van der Waals surface area contributed by atoms with Gasteiger partial charge in [-0.05, 0) is 42.8 Å². The lowest BCUT2D eigenvalue weighted by atomic mass is 10.1. The summed E-state index contributed by atoms with van der Waals surface area (Å²) in [5, 5.41) is 14.6. The van der Waals surface area contributed by atoms with Crippen LogP contribution in [0.15, 0.2) is 41.5 Å². The minimum atomic E-state index is -0.379. The molecule has 126 valence electrons. The average molecular weight is 367 g/mol. The summed E-state index contributed by atoms with van der Waals surface area (Å²) in [6.45, 7) is 1.84. The van der Waals surface area contributed by atoms with Crippen molar-refractivity contribution in [3.8, 4) is 11.5 Å². The number of phenolic OH excluding ortho intramolecular Hbond substituents is 1. The Morgan fingerprint density at radius 3 is 2.50 bits per heavy atom. The molecular formula is C17H16Cl2N2O3. The molecule has 24 heavy (non-hydrogen) atoms. The topological polar surface area (TPSA) is 70.9 Å². The number of phenols is 1. The summed E-state index contributed by atoms with van der Waals surface area (Å²) in [5.41, 5.74) is 3.73. The van der Waals surface area contributed by atoms with E-state index in [1.165, 1.54) is 6.07 Å². The fourth-order valence-corrected chi connectivity index (χ4v) is 2.53. The number of nitrogens with one attached hydrogen (secondary N) is 1. The zero-order valence-electron chi connectivity index (χ0n) is 13.1. The highest BCUT2D eigenvalue weighted by Crippen LogP contribution is 2.32. The lowest BCUT2D eigenvalue weighted by Gasteiger charge is -2.09. The third-order valence-corrected chi connectivity index (χ3v) is 3.82. The van der Waals surface area contributed by atoms with Crippen LogP contribution in [0.25, 0.3) is 0 Å². The number of rotatable bonds is 5. The molecule has 0 bridgehead atoms. The van der Waals surface area contributed by atoms with Gasteiger partial charge in [-0.2, -0.15) is 5.10 Å². The summed E-state index contributed by atoms with van der Waals surface area (Å²) in [5.74, 6) is 0.152. The molecule has 0 saturated carbocycles. The molecule has 0 spiro atoms. The summed E-state index contributed by atoms with van der Waals surface area (Å²) >= 11 is 11.9. The lowest BCUT2D eigenvalue weighted by Crippen LogP contribution is -2.20. The Balaban J connectivity index is 2.23. The molecule has 2 N–H and O–H groups in total. The molecular weight excluding hydrogens is 351 g/mol. The van der Waals surface area contributed by atoms with Crippen LogP contribution in [0.4, 0.5) is 0 Å². The summed E-state index contributed by atoms with van der Waals surface area (Å²) in [4.78, 5) is 12.1. The van der Waals surface area contributed by atoms with Crippen molar-refractivity contribution >= 4 is 34.8 Å². The SMILES string of the molecule is CC/C(=N\NC(=O)c1ccc(OC)cc1)c1cc(Cl)cc(Cl)c1O. The van der Waals surface area contributed by atoms with Crippen molar-refractivity contribution in [2.45, 2.75) is 13.3 Å². The van der Waals surface area contributed by atoms with Gasteiger partial charge in [-0.25, -0.2) is 5.43 Å². The number of hydrogen-bond donors (Lipinski definition) is 2. The van der Waals surface area contributed by atoms with Crippen molar-refractivity contribution in [3.05, 3.63) is 57.6 Å². The Morgan fingerprint density at radius 2 is 1.92 bits per heavy atom. The number of carbonyl (C=O) groups excluding carboxylic acids is 1. The minimum Gasteiger partial charge on any atom is -0.506 e. The van der Waals surface area contributed by atoms with Gasteiger partial charge in [0.1, 0.15) is 11.5 Å². The van der Waals surface area contributed by atoms with Crippen LogP contribution in [0.1, 0.15) is 29.3 Å². The molecule has 7 heteroatoms. The van der Waals surface area contributed by atoms with E-state index in [0.29, 0.717) is 34.0 Å². The summed E-state index contributed by atoms with van der Waals surface area (Å²) < 4.78 is 5.05. The number of ether oxygens (including phenoxy) is 1. The van der Waals surface area contributed by atoms with Crippen LogP contribution in [0, 0.1) is 0 Å². The van der Waals surface area contributed by atoms with Crippen LogP contribution in [0.5, 0.6) is 11.5 Å². The fraction of sp³-hybridized carbons (Fsp3) is 0.176. The average Bonchev–Trinajstić information content (AvgIpc) is 2.59. The van der Waals surface area contributed by atoms with Crippen molar-refractivity contribution in [1.82, 2.24) is 5.43 Å². The van der Waals surface area contributed by atoms with E-state index in [1.54, 1.807) is 37.4 Å². The molecule has 0 heterocycles. The zero-order chi connectivity index (χ0) is 17.7. The Labute approximate surface area is 149 Å². The van der Waals surface area contributed by atoms with E-state index in [1.807, 2.05) is 6.92 Å². The third-order valence-electron chi connectivity index (χ3n) is 3.32. The van der Waals surface area contributed by atoms with Gasteiger partial charge in [-0.3, -0.25) is 4.79 Å². The molecule has 5 nitrogen and oxygen atoms in total. The van der Waals surface area contributed by atoms with Gasteiger partial charge in [0.05, 0.1) is 17.8 Å². The van der Waals surface area contributed by atoms with Gasteiger partial charge >= 0.3 is 0 Å². The molecule has 0 fully saturated rings. The molecule has 2 aromatic carbocycles. The van der Waals surface area contributed by atoms with Gasteiger partial charge in [0, 0.05) is 16.1 Å². The fourth-order valence-electron chi connectivity index (χ4n) is 2.04. The van der Waals surface area contributed by atoms with Crippen molar-refractivity contribution in [3.63, 3.8) is 0 Å². The Morgan fingerprint density at radius 1 is 1.25 bits per heavy atom. The van der Waals surface area contributed by atoms with Crippen molar-refractivity contribution in [1.29, 1.82) is 0 Å². The second-order valence-electron chi connectivity index (χ2n) is 4.87. The Hall–Kier alpha value is -2.24. The van der Waals surface area contributed by atoms with Crippen LogP contribution >= 0.6 is 23.2 Å². The number of hydrogen-bond acceptors (Lipinski definition) is 4. The molecule has 0 radical (unpaired) electrons. The van der Waals surface area contributed by atoms with Crippen LogP contribution in [0.3, 0.4) is 0 Å². The van der Waals surface area contributed by atoms with Gasteiger partial charge in [0.25, 0.3) is 5.91 Å². The molecule has 0 aromatic heterocycles. The van der Waals surface area contributed by atoms with Crippen LogP contribution in [-0.2, 0) is 0 Å². The highest BCUT2D eigenvalue weighted by atomic mass is 35.5. The number of carbonyl (C=O) groups is 1. The Kier molecular flexibility index (Phi) is 6.06. The number of benzene rings is 2. The molecule has 0 unspecified atom stereocenters. The number of methoxy groups -OCH3 is 1. The Bertz CT molecular complexity index is 774. The maximum absolute atomic E-state index is 12.1. The maximum atomic E-state index is 12.1. The van der Waals surface area contributed by atoms with Crippen molar-refractivity contribution in [2.75, 3.05) is 7.11 Å². The monoisotopic (exact) mass is 366 g/mol. The first kappa shape index (κ1) is 18.1. The van der Waals surface area contributed by atoms with E-state index >= 15 is 0 Å². The molecule has 0 aliphatic rings. The van der Waals surface area contributed by atoms with Crippen molar-refractivity contribution in [2.24, 2.45) is 5.10 Å². The number of amides is 1. The molecule has 0 aliphatic carbocycles. The molecule has 0 aliphatic heterocycles. The number of hydrazone groups is 1. The summed E-state index contributed by atoms with van der Waals surface area (Å²) in [7, 11) is 1.55. The summed E-state index contributed by atoms with van der Waals surface area (Å²) in [6, 6.07) is 9.60. The van der Waals surface area contributed by atoms with Gasteiger partial charge < -0.3 is 9.84 Å². The van der Waals surface area contributed by atoms with Gasteiger partial charge in [0.2, 0.25) is 0 Å². The number of halogens is 2. The van der Waals surface area contributed by atoms with Gasteiger partial charge in [-0.15, -0.1) is 0 Å². The number of nitrogens with zero attached hydrogens (tertiary/aromatic N) is 1. The van der Waals surface area contributed by atoms with E-state index in [0.717, 1.165) is 0 Å². The predicted octanol–water partition coefficient (Wildman–Crippen LogP) is 4.25. The summed E-state index contributed by atoms with van der Waals surface area (Å²) in [6.07, 6.45) is 0.465. The van der Waals surface area contributed by atoms with Gasteiger partial charge in [0.15, 0.2) is 0 Å². The second kappa shape index (κ2) is 8.04. The predicted molar refractivity (Wildman–Crippen MR) is 95.4 cm³/mol. The van der Waals surface area contributed by atoms with Crippen LogP contribution < -0.4 is 10.2 Å². The molecule has 0 saturated heterocycles. The van der Waals surface area contributed by atoms with E-state index in [-0.39, 0.29) is 16.7 Å². The largest absolute Gasteiger partial charge is 0.506 e. The smallest absolute Gasteiger partial charge is 0.271 e. The zero-order valence-corrected chi connectivity index (χ0v) is 14.6. The van der Waals surface area contributed by atoms with E-state index in [9.17, 15) is 9.90 Å². The van der Waals surface area contributed by atoms with E-state index < -0.39 is 0 Å². The third kappa shape index (κ3) is 4.19. The number of aromatic hydroxyl groups is 1. The highest BCUT2D eigenvalue weighted by Gasteiger charge is 2.13. The normalized spacial score (nSPS) is 11.2. The van der Waals surface area contributed by atoms with E-state index in [2.05, 4.69) is 10.5 Å². The lowest BCUT2D eigenvalue weighted by molar-refractivity contribution is 0.0954. The second-order valence-corrected chi connectivity index (χ2v) is 5.71. The standard InChI is InChI=1S/C17H16Cl2N2O3/c1-3-15(13-8-11(18)9-14(19)16(13)22)20-21-17(23)10-4-6-12(24-2)7-5-10/h4-9,22H,3H2,1-2H3,(H,21,23)/b20-15+. The maximum Gasteiger partial charge on any atom is 0.271 e. The first-order chi connectivity index (χ1) is 11.5. The van der Waals surface area contributed by atoms with Gasteiger partial charge in [-0.1, -0.05) is 30.1 Å². The van der Waals surface area contributed by atoms with E-state index in [4.69, 9.17) is 27.9 Å². The van der Waals surface area contributed by atoms with Crippen molar-refractivity contribution < 1.29 is 14.6 Å². The molecule has 0 atom stereocenters. The molecule has 1 amide bonds. The first-order valence-electron chi connectivity index (χ1n) is 7.15. The quantitative estimate of drug-likeness (QED) is 0.613. The van der Waals surface area contributed by atoms with Crippen LogP contribution in [-0.4, -0.2) is 23.8 Å².